The molecule has 0 aliphatic rings. The smallest absolute Gasteiger partial charge is 0.306 e. The van der Waals surface area contributed by atoms with Gasteiger partial charge in [-0.1, -0.05) is 318 Å². The highest BCUT2D eigenvalue weighted by atomic mass is 16.6. The van der Waals surface area contributed by atoms with Crippen LogP contribution >= 0.6 is 0 Å². The van der Waals surface area contributed by atoms with Crippen molar-refractivity contribution in [3.63, 3.8) is 0 Å². The number of unbranched alkanes of at least 4 members (excludes halogenated alkanes) is 41. The van der Waals surface area contributed by atoms with Gasteiger partial charge in [-0.25, -0.2) is 0 Å². The van der Waals surface area contributed by atoms with E-state index in [0.717, 1.165) is 96.3 Å². The number of hydrogen-bond acceptors (Lipinski definition) is 6. The van der Waals surface area contributed by atoms with Crippen LogP contribution in [0.5, 0.6) is 0 Å². The maximum absolute atomic E-state index is 13.0. The molecule has 480 valence electrons. The number of carbonyl (C=O) groups is 3. The highest BCUT2D eigenvalue weighted by molar-refractivity contribution is 5.71. The monoisotopic (exact) mass is 1160 g/mol. The summed E-state index contributed by atoms with van der Waals surface area (Å²) in [5.74, 6) is -0.872. The minimum absolute atomic E-state index is 0.0784. The number of esters is 3. The molecule has 0 spiro atoms. The van der Waals surface area contributed by atoms with Crippen molar-refractivity contribution < 1.29 is 28.6 Å². The first-order valence-corrected chi connectivity index (χ1v) is 36.1. The van der Waals surface area contributed by atoms with Crippen LogP contribution in [0.4, 0.5) is 0 Å². The van der Waals surface area contributed by atoms with Gasteiger partial charge in [-0.2, -0.15) is 0 Å². The van der Waals surface area contributed by atoms with Gasteiger partial charge in [0.15, 0.2) is 6.10 Å². The van der Waals surface area contributed by atoms with E-state index in [4.69, 9.17) is 14.2 Å². The van der Waals surface area contributed by atoms with Gasteiger partial charge >= 0.3 is 17.9 Å². The molecule has 1 atom stereocenters. The third-order valence-corrected chi connectivity index (χ3v) is 15.9. The van der Waals surface area contributed by atoms with Crippen LogP contribution in [0.15, 0.2) is 85.1 Å². The molecular formula is C77H136O6. The molecule has 0 amide bonds. The summed E-state index contributed by atoms with van der Waals surface area (Å²) in [5.41, 5.74) is 0. The number of hydrogen-bond donors (Lipinski definition) is 0. The van der Waals surface area contributed by atoms with Gasteiger partial charge < -0.3 is 14.2 Å². The minimum atomic E-state index is -0.784. The Morgan fingerprint density at radius 1 is 0.253 bits per heavy atom. The second kappa shape index (κ2) is 71.1. The van der Waals surface area contributed by atoms with Gasteiger partial charge in [0, 0.05) is 19.3 Å². The van der Waals surface area contributed by atoms with Crippen molar-refractivity contribution >= 4 is 17.9 Å². The standard InChI is InChI=1S/C77H136O6/c1-4-7-10-13-16-19-22-25-28-31-33-34-35-36-37-38-39-40-41-42-44-46-49-52-55-58-61-64-67-70-76(79)82-73-74(72-81-75(78)69-66-63-60-57-54-51-48-45-30-27-24-21-18-15-12-9-6-3)83-77(80)71-68-65-62-59-56-53-50-47-43-32-29-26-23-20-17-14-11-8-5-2/h9,12,18,21-22,25-27,29-31,33,35-36,74H,4-8,10-11,13-17,19-20,23-24,28,32,34,37-73H2,1-3H3/b12-9-,21-18-,25-22-,29-26-,30-27-,33-31-,36-35-. The van der Waals surface area contributed by atoms with E-state index in [1.54, 1.807) is 0 Å². The Hall–Kier alpha value is -3.41. The zero-order valence-electron chi connectivity index (χ0n) is 55.2. The lowest BCUT2D eigenvalue weighted by Crippen LogP contribution is -2.30. The molecular weight excluding hydrogens is 1020 g/mol. The Morgan fingerprint density at radius 3 is 0.747 bits per heavy atom. The molecule has 6 heteroatoms. The summed E-state index contributed by atoms with van der Waals surface area (Å²) < 4.78 is 17.0. The van der Waals surface area contributed by atoms with Gasteiger partial charge in [0.2, 0.25) is 0 Å². The predicted molar refractivity (Wildman–Crippen MR) is 362 cm³/mol. The molecule has 0 rings (SSSR count). The van der Waals surface area contributed by atoms with E-state index in [0.29, 0.717) is 19.3 Å². The van der Waals surface area contributed by atoms with Crippen LogP contribution in [0, 0.1) is 0 Å². The Balaban J connectivity index is 4.29. The maximum Gasteiger partial charge on any atom is 0.306 e. The zero-order valence-corrected chi connectivity index (χ0v) is 55.2. The first-order chi connectivity index (χ1) is 41.0. The minimum Gasteiger partial charge on any atom is -0.462 e. The lowest BCUT2D eigenvalue weighted by atomic mass is 10.0. The molecule has 0 aliphatic carbocycles. The Bertz CT molecular complexity index is 1570. The van der Waals surface area contributed by atoms with Crippen LogP contribution in [-0.4, -0.2) is 37.2 Å². The van der Waals surface area contributed by atoms with E-state index in [-0.39, 0.29) is 31.1 Å². The third kappa shape index (κ3) is 69.3. The van der Waals surface area contributed by atoms with Gasteiger partial charge in [-0.15, -0.1) is 0 Å². The molecule has 0 aliphatic heterocycles. The summed E-state index contributed by atoms with van der Waals surface area (Å²) in [4.78, 5) is 38.5. The topological polar surface area (TPSA) is 78.9 Å². The van der Waals surface area contributed by atoms with Crippen molar-refractivity contribution in [2.75, 3.05) is 13.2 Å². The molecule has 0 N–H and O–H groups in total. The zero-order chi connectivity index (χ0) is 59.9. The van der Waals surface area contributed by atoms with Crippen LogP contribution in [0.25, 0.3) is 0 Å². The van der Waals surface area contributed by atoms with E-state index in [1.807, 2.05) is 0 Å². The normalized spacial score (nSPS) is 12.6. The largest absolute Gasteiger partial charge is 0.462 e. The van der Waals surface area contributed by atoms with Crippen molar-refractivity contribution in [2.24, 2.45) is 0 Å². The van der Waals surface area contributed by atoms with Crippen LogP contribution in [-0.2, 0) is 28.6 Å². The average Bonchev–Trinajstić information content (AvgIpc) is 3.50. The summed E-state index contributed by atoms with van der Waals surface area (Å²) in [6.45, 7) is 6.55. The highest BCUT2D eigenvalue weighted by Gasteiger charge is 2.19. The molecule has 0 aromatic rings. The van der Waals surface area contributed by atoms with E-state index >= 15 is 0 Å². The van der Waals surface area contributed by atoms with Crippen molar-refractivity contribution in [3.05, 3.63) is 85.1 Å². The van der Waals surface area contributed by atoms with Gasteiger partial charge in [0.25, 0.3) is 0 Å². The van der Waals surface area contributed by atoms with Crippen molar-refractivity contribution in [1.82, 2.24) is 0 Å². The molecule has 83 heavy (non-hydrogen) atoms. The highest BCUT2D eigenvalue weighted by Crippen LogP contribution is 2.17. The summed E-state index contributed by atoms with van der Waals surface area (Å²) in [6.07, 6.45) is 94.7. The summed E-state index contributed by atoms with van der Waals surface area (Å²) >= 11 is 0. The second-order valence-electron chi connectivity index (χ2n) is 24.1. The van der Waals surface area contributed by atoms with Crippen molar-refractivity contribution in [2.45, 2.75) is 374 Å². The Kier molecular flexibility index (Phi) is 68.2. The summed E-state index contributed by atoms with van der Waals surface area (Å²) in [5, 5.41) is 0. The van der Waals surface area contributed by atoms with Crippen LogP contribution in [0.3, 0.4) is 0 Å². The quantitative estimate of drug-likeness (QED) is 0.0261. The van der Waals surface area contributed by atoms with Crippen molar-refractivity contribution in [1.29, 1.82) is 0 Å². The fraction of sp³-hybridized carbons (Fsp3) is 0.779. The number of ether oxygens (including phenoxy) is 3. The van der Waals surface area contributed by atoms with Gasteiger partial charge in [-0.3, -0.25) is 14.4 Å². The first kappa shape index (κ1) is 79.6. The first-order valence-electron chi connectivity index (χ1n) is 36.1. The number of allylic oxidation sites excluding steroid dienone is 14. The van der Waals surface area contributed by atoms with E-state index in [1.165, 1.54) is 231 Å². The molecule has 0 radical (unpaired) electrons. The van der Waals surface area contributed by atoms with Crippen molar-refractivity contribution in [3.8, 4) is 0 Å². The summed E-state index contributed by atoms with van der Waals surface area (Å²) in [6, 6.07) is 0. The van der Waals surface area contributed by atoms with Crippen LogP contribution in [0.2, 0.25) is 0 Å². The third-order valence-electron chi connectivity index (χ3n) is 15.9. The van der Waals surface area contributed by atoms with E-state index < -0.39 is 6.10 Å². The summed E-state index contributed by atoms with van der Waals surface area (Å²) in [7, 11) is 0. The average molecular weight is 1160 g/mol. The van der Waals surface area contributed by atoms with Crippen LogP contribution < -0.4 is 0 Å². The van der Waals surface area contributed by atoms with Gasteiger partial charge in [0.05, 0.1) is 0 Å². The molecule has 0 aromatic heterocycles. The molecule has 0 fully saturated rings. The molecule has 0 saturated heterocycles. The SMILES string of the molecule is CC/C=C\C/C=C\C/C=C\CCCCCCCCCC(=O)OCC(COC(=O)CCCCCCCCCCCCCCCC/C=C\C/C=C\C/C=C\CCCCCCC)OC(=O)CCCCCCCCCCC/C=C\CCCCCCCC. The van der Waals surface area contributed by atoms with Gasteiger partial charge in [0.1, 0.15) is 13.2 Å². The molecule has 1 unspecified atom stereocenters. The predicted octanol–water partition coefficient (Wildman–Crippen LogP) is 25.0. The molecule has 0 heterocycles. The lowest BCUT2D eigenvalue weighted by molar-refractivity contribution is -0.167. The van der Waals surface area contributed by atoms with Gasteiger partial charge in [-0.05, 0) is 116 Å². The van der Waals surface area contributed by atoms with E-state index in [2.05, 4.69) is 106 Å². The van der Waals surface area contributed by atoms with E-state index in [9.17, 15) is 14.4 Å². The molecule has 6 nitrogen and oxygen atoms in total. The molecule has 0 aromatic carbocycles. The molecule has 0 saturated carbocycles. The Morgan fingerprint density at radius 2 is 0.470 bits per heavy atom. The fourth-order valence-electron chi connectivity index (χ4n) is 10.5. The maximum atomic E-state index is 13.0. The second-order valence-corrected chi connectivity index (χ2v) is 24.1. The fourth-order valence-corrected chi connectivity index (χ4v) is 10.5. The number of carbonyl (C=O) groups excluding carboxylic acids is 3. The lowest BCUT2D eigenvalue weighted by Gasteiger charge is -2.18. The Labute approximate surface area is 515 Å². The van der Waals surface area contributed by atoms with Crippen LogP contribution in [0.1, 0.15) is 367 Å². The number of rotatable bonds is 66. The molecule has 0 bridgehead atoms.